The quantitative estimate of drug-likeness (QED) is 0.440. The number of carbonyl (C=O) groups is 1. The first kappa shape index (κ1) is 19.8. The molecule has 0 saturated carbocycles. The molecular formula is C17H14Cl3N5OS. The molecule has 1 aromatic heterocycles. The second-order valence-corrected chi connectivity index (χ2v) is 8.15. The maximum atomic E-state index is 12.4. The van der Waals surface area contributed by atoms with Crippen LogP contribution in [0.1, 0.15) is 6.92 Å². The highest BCUT2D eigenvalue weighted by Gasteiger charge is 2.21. The smallest absolute Gasteiger partial charge is 0.237 e. The fourth-order valence-electron chi connectivity index (χ4n) is 2.23. The summed E-state index contributed by atoms with van der Waals surface area (Å²) in [5.74, 6) is 6.26. The molecule has 1 atom stereocenters. The van der Waals surface area contributed by atoms with Crippen molar-refractivity contribution in [2.24, 2.45) is 0 Å². The fourth-order valence-corrected chi connectivity index (χ4v) is 3.69. The van der Waals surface area contributed by atoms with Crippen LogP contribution >= 0.6 is 46.6 Å². The Morgan fingerprint density at radius 2 is 1.89 bits per heavy atom. The maximum absolute atomic E-state index is 12.4. The number of nitrogens with zero attached hydrogens (tertiary/aromatic N) is 3. The molecule has 0 fully saturated rings. The Morgan fingerprint density at radius 1 is 1.15 bits per heavy atom. The molecule has 0 bridgehead atoms. The average molecular weight is 443 g/mol. The SMILES string of the molecule is CC(Sc1nnc(-c2ccc(Cl)cc2Cl)n1N)C(=O)Nc1cccc(Cl)c1. The summed E-state index contributed by atoms with van der Waals surface area (Å²) in [4.78, 5) is 12.4. The third-order valence-corrected chi connectivity index (χ3v) is 5.42. The van der Waals surface area contributed by atoms with Crippen LogP contribution in [0.15, 0.2) is 47.6 Å². The molecule has 1 unspecified atom stereocenters. The van der Waals surface area contributed by atoms with E-state index in [0.717, 1.165) is 0 Å². The van der Waals surface area contributed by atoms with Crippen LogP contribution < -0.4 is 11.2 Å². The lowest BCUT2D eigenvalue weighted by atomic mass is 10.2. The predicted molar refractivity (Wildman–Crippen MR) is 111 cm³/mol. The number of nitrogens with one attached hydrogen (secondary N) is 1. The van der Waals surface area contributed by atoms with Crippen LogP contribution in [0.4, 0.5) is 5.69 Å². The largest absolute Gasteiger partial charge is 0.335 e. The van der Waals surface area contributed by atoms with E-state index in [4.69, 9.17) is 40.6 Å². The van der Waals surface area contributed by atoms with Gasteiger partial charge in [0.1, 0.15) is 0 Å². The molecule has 1 amide bonds. The highest BCUT2D eigenvalue weighted by Crippen LogP contribution is 2.31. The molecule has 0 radical (unpaired) electrons. The van der Waals surface area contributed by atoms with Crippen molar-refractivity contribution in [3.05, 3.63) is 57.5 Å². The van der Waals surface area contributed by atoms with E-state index in [1.54, 1.807) is 49.4 Å². The van der Waals surface area contributed by atoms with Crippen molar-refractivity contribution in [3.8, 4) is 11.4 Å². The number of halogens is 3. The van der Waals surface area contributed by atoms with Gasteiger partial charge < -0.3 is 11.2 Å². The number of aromatic nitrogens is 3. The van der Waals surface area contributed by atoms with Crippen molar-refractivity contribution >= 4 is 58.2 Å². The molecule has 2 aromatic carbocycles. The summed E-state index contributed by atoms with van der Waals surface area (Å²) < 4.78 is 1.29. The number of rotatable bonds is 5. The lowest BCUT2D eigenvalue weighted by Crippen LogP contribution is -2.23. The Bertz CT molecular complexity index is 994. The predicted octanol–water partition coefficient (Wildman–Crippen LogP) is 4.74. The van der Waals surface area contributed by atoms with Gasteiger partial charge in [-0.05, 0) is 43.3 Å². The molecule has 6 nitrogen and oxygen atoms in total. The first-order valence-corrected chi connectivity index (χ1v) is 9.75. The lowest BCUT2D eigenvalue weighted by Gasteiger charge is -2.12. The van der Waals surface area contributed by atoms with E-state index in [-0.39, 0.29) is 5.91 Å². The number of anilines is 1. The average Bonchev–Trinajstić information content (AvgIpc) is 2.95. The van der Waals surface area contributed by atoms with E-state index in [1.165, 1.54) is 16.4 Å². The molecule has 0 saturated heterocycles. The summed E-state index contributed by atoms with van der Waals surface area (Å²) >= 11 is 19.2. The molecule has 0 aliphatic carbocycles. The van der Waals surface area contributed by atoms with Crippen LogP contribution in [0, 0.1) is 0 Å². The van der Waals surface area contributed by atoms with Crippen molar-refractivity contribution < 1.29 is 4.79 Å². The van der Waals surface area contributed by atoms with Gasteiger partial charge in [0.2, 0.25) is 11.1 Å². The number of nitrogens with two attached hydrogens (primary N) is 1. The van der Waals surface area contributed by atoms with Crippen LogP contribution in [-0.4, -0.2) is 26.0 Å². The van der Waals surface area contributed by atoms with Crippen LogP contribution in [-0.2, 0) is 4.79 Å². The van der Waals surface area contributed by atoms with Crippen LogP contribution in [0.2, 0.25) is 15.1 Å². The minimum absolute atomic E-state index is 0.212. The highest BCUT2D eigenvalue weighted by atomic mass is 35.5. The van der Waals surface area contributed by atoms with E-state index >= 15 is 0 Å². The first-order chi connectivity index (χ1) is 12.8. The number of thioether (sulfide) groups is 1. The van der Waals surface area contributed by atoms with Gasteiger partial charge in [-0.3, -0.25) is 4.79 Å². The Balaban J connectivity index is 1.74. The van der Waals surface area contributed by atoms with Crippen LogP contribution in [0.5, 0.6) is 0 Å². The van der Waals surface area contributed by atoms with E-state index in [1.807, 2.05) is 0 Å². The van der Waals surface area contributed by atoms with Crippen molar-refractivity contribution in [3.63, 3.8) is 0 Å². The van der Waals surface area contributed by atoms with Gasteiger partial charge in [-0.2, -0.15) is 0 Å². The van der Waals surface area contributed by atoms with Crippen molar-refractivity contribution in [2.45, 2.75) is 17.3 Å². The molecule has 10 heteroatoms. The van der Waals surface area contributed by atoms with Crippen LogP contribution in [0.25, 0.3) is 11.4 Å². The van der Waals surface area contributed by atoms with Crippen molar-refractivity contribution in [1.82, 2.24) is 14.9 Å². The number of nitrogen functional groups attached to an aromatic ring is 1. The summed E-state index contributed by atoms with van der Waals surface area (Å²) in [7, 11) is 0. The van der Waals surface area contributed by atoms with Gasteiger partial charge in [-0.1, -0.05) is 52.6 Å². The second-order valence-electron chi connectivity index (χ2n) is 5.56. The van der Waals surface area contributed by atoms with Gasteiger partial charge in [0.15, 0.2) is 5.82 Å². The van der Waals surface area contributed by atoms with E-state index in [0.29, 0.717) is 37.3 Å². The normalized spacial score (nSPS) is 12.0. The third kappa shape index (κ3) is 4.68. The van der Waals surface area contributed by atoms with Gasteiger partial charge in [0, 0.05) is 21.3 Å². The molecule has 3 rings (SSSR count). The Hall–Kier alpha value is -1.93. The Kier molecular flexibility index (Phi) is 6.16. The molecule has 3 aromatic rings. The van der Waals surface area contributed by atoms with Crippen LogP contribution in [0.3, 0.4) is 0 Å². The zero-order valence-corrected chi connectivity index (χ0v) is 17.1. The molecule has 0 spiro atoms. The van der Waals surface area contributed by atoms with Gasteiger partial charge in [0.05, 0.1) is 10.3 Å². The Morgan fingerprint density at radius 3 is 2.59 bits per heavy atom. The molecule has 3 N–H and O–H groups in total. The third-order valence-electron chi connectivity index (χ3n) is 3.58. The number of benzene rings is 2. The molecule has 0 aliphatic rings. The van der Waals surface area contributed by atoms with E-state index < -0.39 is 5.25 Å². The van der Waals surface area contributed by atoms with Gasteiger partial charge >= 0.3 is 0 Å². The summed E-state index contributed by atoms with van der Waals surface area (Å²) in [6.45, 7) is 1.74. The van der Waals surface area contributed by atoms with Gasteiger partial charge in [-0.15, -0.1) is 10.2 Å². The van der Waals surface area contributed by atoms with E-state index in [9.17, 15) is 4.79 Å². The summed E-state index contributed by atoms with van der Waals surface area (Å²) in [6.07, 6.45) is 0. The molecule has 27 heavy (non-hydrogen) atoms. The minimum atomic E-state index is -0.468. The lowest BCUT2D eigenvalue weighted by molar-refractivity contribution is -0.115. The summed E-state index contributed by atoms with van der Waals surface area (Å²) in [5, 5.41) is 12.3. The zero-order chi connectivity index (χ0) is 19.6. The van der Waals surface area contributed by atoms with Crippen molar-refractivity contribution in [2.75, 3.05) is 11.2 Å². The second kappa shape index (κ2) is 8.39. The number of hydrogen-bond acceptors (Lipinski definition) is 5. The number of hydrogen-bond donors (Lipinski definition) is 2. The highest BCUT2D eigenvalue weighted by molar-refractivity contribution is 8.00. The standard InChI is InChI=1S/C17H14Cl3N5OS/c1-9(16(26)22-12-4-2-3-10(18)7-12)27-17-24-23-15(25(17)21)13-6-5-11(19)8-14(13)20/h2-9H,21H2,1H3,(H,22,26). The molecule has 140 valence electrons. The van der Waals surface area contributed by atoms with Crippen molar-refractivity contribution in [1.29, 1.82) is 0 Å². The number of carbonyl (C=O) groups excluding carboxylic acids is 1. The number of amides is 1. The topological polar surface area (TPSA) is 85.8 Å². The minimum Gasteiger partial charge on any atom is -0.335 e. The van der Waals surface area contributed by atoms with E-state index in [2.05, 4.69) is 15.5 Å². The first-order valence-electron chi connectivity index (χ1n) is 7.74. The molecule has 1 heterocycles. The monoisotopic (exact) mass is 441 g/mol. The summed E-state index contributed by atoms with van der Waals surface area (Å²) in [6, 6.07) is 11.9. The fraction of sp³-hybridized carbons (Fsp3) is 0.118. The van der Waals surface area contributed by atoms with Gasteiger partial charge in [0.25, 0.3) is 0 Å². The maximum Gasteiger partial charge on any atom is 0.237 e. The summed E-state index contributed by atoms with van der Waals surface area (Å²) in [5.41, 5.74) is 1.21. The van der Waals surface area contributed by atoms with Gasteiger partial charge in [-0.25, -0.2) is 4.68 Å². The molecule has 0 aliphatic heterocycles. The molecular weight excluding hydrogens is 429 g/mol. The zero-order valence-electron chi connectivity index (χ0n) is 14.0. The Labute approximate surface area is 175 Å².